The molecule has 0 aliphatic carbocycles. The molecule has 0 bridgehead atoms. The Bertz CT molecular complexity index is 903. The monoisotopic (exact) mass is 365 g/mol. The van der Waals surface area contributed by atoms with Crippen LogP contribution in [0, 0.1) is 17.2 Å². The first-order valence-corrected chi connectivity index (χ1v) is 9.14. The third-order valence-electron chi connectivity index (χ3n) is 5.03. The average Bonchev–Trinajstić information content (AvgIpc) is 3.23. The van der Waals surface area contributed by atoms with Crippen LogP contribution < -0.4 is 10.2 Å². The highest BCUT2D eigenvalue weighted by Crippen LogP contribution is 2.33. The highest BCUT2D eigenvalue weighted by molar-refractivity contribution is 6.04. The van der Waals surface area contributed by atoms with Crippen LogP contribution in [0.4, 0.5) is 11.5 Å². The third kappa shape index (κ3) is 3.43. The van der Waals surface area contributed by atoms with Crippen LogP contribution in [-0.4, -0.2) is 28.1 Å². The summed E-state index contributed by atoms with van der Waals surface area (Å²) in [6.07, 6.45) is 3.22. The molecule has 1 atom stereocenters. The summed E-state index contributed by atoms with van der Waals surface area (Å²) in [5, 5.41) is 15.9. The summed E-state index contributed by atoms with van der Waals surface area (Å²) in [5.41, 5.74) is 3.47. The van der Waals surface area contributed by atoms with Gasteiger partial charge in [0.05, 0.1) is 12.1 Å². The number of amides is 2. The van der Waals surface area contributed by atoms with Gasteiger partial charge in [0.2, 0.25) is 11.8 Å². The van der Waals surface area contributed by atoms with Gasteiger partial charge >= 0.3 is 0 Å². The van der Waals surface area contributed by atoms with Crippen LogP contribution in [0.15, 0.2) is 24.4 Å². The van der Waals surface area contributed by atoms with Crippen LogP contribution in [0.5, 0.6) is 0 Å². The van der Waals surface area contributed by atoms with Gasteiger partial charge in [-0.3, -0.25) is 14.3 Å². The summed E-state index contributed by atoms with van der Waals surface area (Å²) < 4.78 is 1.45. The highest BCUT2D eigenvalue weighted by atomic mass is 16.2. The maximum atomic E-state index is 12.7. The zero-order chi connectivity index (χ0) is 19.6. The van der Waals surface area contributed by atoms with Crippen molar-refractivity contribution in [1.29, 1.82) is 5.26 Å². The fourth-order valence-electron chi connectivity index (χ4n) is 3.55. The molecule has 1 unspecified atom stereocenters. The van der Waals surface area contributed by atoms with Crippen molar-refractivity contribution in [2.24, 2.45) is 13.0 Å². The van der Waals surface area contributed by atoms with Gasteiger partial charge in [0, 0.05) is 25.7 Å². The number of nitriles is 1. The molecule has 140 valence electrons. The predicted octanol–water partition coefficient (Wildman–Crippen LogP) is 2.41. The number of rotatable bonds is 5. The van der Waals surface area contributed by atoms with E-state index < -0.39 is 5.92 Å². The zero-order valence-corrected chi connectivity index (χ0v) is 15.8. The molecule has 2 amide bonds. The van der Waals surface area contributed by atoms with Gasteiger partial charge in [-0.05, 0) is 24.0 Å². The number of carbonyl (C=O) groups is 2. The number of benzene rings is 1. The van der Waals surface area contributed by atoms with Gasteiger partial charge in [-0.15, -0.1) is 0 Å². The number of nitrogens with one attached hydrogen (secondary N) is 1. The van der Waals surface area contributed by atoms with Crippen LogP contribution in [0.2, 0.25) is 0 Å². The molecule has 7 nitrogen and oxygen atoms in total. The predicted molar refractivity (Wildman–Crippen MR) is 102 cm³/mol. The Labute approximate surface area is 158 Å². The molecular formula is C20H23N5O2. The topological polar surface area (TPSA) is 91.0 Å². The van der Waals surface area contributed by atoms with E-state index in [1.54, 1.807) is 11.9 Å². The zero-order valence-electron chi connectivity index (χ0n) is 15.8. The summed E-state index contributed by atoms with van der Waals surface area (Å²) in [6, 6.07) is 8.09. The smallest absolute Gasteiger partial charge is 0.230 e. The number of para-hydroxylation sites is 1. The molecule has 1 fully saturated rings. The Balaban J connectivity index is 1.83. The number of nitrogens with zero attached hydrogens (tertiary/aromatic N) is 4. The number of carbonyl (C=O) groups excluding carboxylic acids is 2. The van der Waals surface area contributed by atoms with E-state index in [1.807, 2.05) is 24.3 Å². The Hall–Kier alpha value is -3.14. The normalized spacial score (nSPS) is 16.4. The van der Waals surface area contributed by atoms with Crippen LogP contribution >= 0.6 is 0 Å². The highest BCUT2D eigenvalue weighted by Gasteiger charge is 2.37. The lowest BCUT2D eigenvalue weighted by atomic mass is 10.0. The maximum Gasteiger partial charge on any atom is 0.230 e. The third-order valence-corrected chi connectivity index (χ3v) is 5.03. The van der Waals surface area contributed by atoms with Crippen molar-refractivity contribution in [3.8, 4) is 6.07 Å². The molecule has 1 aromatic carbocycles. The number of aromatic nitrogens is 2. The number of anilines is 2. The van der Waals surface area contributed by atoms with Crippen LogP contribution in [-0.2, 0) is 29.5 Å². The van der Waals surface area contributed by atoms with Gasteiger partial charge in [0.15, 0.2) is 0 Å². The molecule has 1 aliphatic heterocycles. The number of aryl methyl sites for hydroxylation is 3. The number of hydrogen-bond acceptors (Lipinski definition) is 4. The van der Waals surface area contributed by atoms with Crippen molar-refractivity contribution in [2.45, 2.75) is 33.1 Å². The summed E-state index contributed by atoms with van der Waals surface area (Å²) in [5.74, 6) is -0.417. The van der Waals surface area contributed by atoms with Crippen molar-refractivity contribution in [1.82, 2.24) is 9.78 Å². The van der Waals surface area contributed by atoms with Gasteiger partial charge in [0.1, 0.15) is 17.5 Å². The lowest BCUT2D eigenvalue weighted by Crippen LogP contribution is -2.30. The molecule has 27 heavy (non-hydrogen) atoms. The van der Waals surface area contributed by atoms with Crippen molar-refractivity contribution >= 4 is 23.3 Å². The van der Waals surface area contributed by atoms with Crippen molar-refractivity contribution < 1.29 is 9.59 Å². The lowest BCUT2D eigenvalue weighted by molar-refractivity contribution is -0.122. The molecule has 0 spiro atoms. The summed E-state index contributed by atoms with van der Waals surface area (Å²) in [7, 11) is 1.66. The standard InChI is InChI=1S/C20H23N5O2/c1-4-13-7-6-8-14(5-2)18(13)25-12-15(9-17(25)26)20(27)23-19-16(10-21)11-22-24(19)3/h6-8,11,15H,4-5,9,12H2,1-3H3,(H,23,27). The van der Waals surface area contributed by atoms with E-state index in [4.69, 9.17) is 5.26 Å². The molecule has 3 rings (SSSR count). The fourth-order valence-corrected chi connectivity index (χ4v) is 3.55. The summed E-state index contributed by atoms with van der Waals surface area (Å²) >= 11 is 0. The summed E-state index contributed by atoms with van der Waals surface area (Å²) in [4.78, 5) is 27.2. The van der Waals surface area contributed by atoms with Gasteiger partial charge in [0.25, 0.3) is 0 Å². The van der Waals surface area contributed by atoms with Gasteiger partial charge in [-0.1, -0.05) is 32.0 Å². The second-order valence-corrected chi connectivity index (χ2v) is 6.67. The molecule has 1 aliphatic rings. The Morgan fingerprint density at radius 2 is 2.00 bits per heavy atom. The van der Waals surface area contributed by atoms with E-state index in [-0.39, 0.29) is 18.2 Å². The van der Waals surface area contributed by atoms with Crippen LogP contribution in [0.3, 0.4) is 0 Å². The minimum atomic E-state index is -0.464. The first-order chi connectivity index (χ1) is 13.0. The van der Waals surface area contributed by atoms with Crippen molar-refractivity contribution in [3.05, 3.63) is 41.1 Å². The summed E-state index contributed by atoms with van der Waals surface area (Å²) in [6.45, 7) is 4.47. The Morgan fingerprint density at radius 3 is 2.59 bits per heavy atom. The molecule has 1 N–H and O–H groups in total. The first kappa shape index (κ1) is 18.6. The van der Waals surface area contributed by atoms with Crippen molar-refractivity contribution in [2.75, 3.05) is 16.8 Å². The first-order valence-electron chi connectivity index (χ1n) is 9.14. The van der Waals surface area contributed by atoms with E-state index in [9.17, 15) is 9.59 Å². The largest absolute Gasteiger partial charge is 0.311 e. The lowest BCUT2D eigenvalue weighted by Gasteiger charge is -2.23. The number of hydrogen-bond donors (Lipinski definition) is 1. The van der Waals surface area contributed by atoms with E-state index in [1.165, 1.54) is 10.9 Å². The minimum absolute atomic E-state index is 0.0451. The van der Waals surface area contributed by atoms with Gasteiger partial charge in [-0.2, -0.15) is 10.4 Å². The second kappa shape index (κ2) is 7.62. The Morgan fingerprint density at radius 1 is 1.33 bits per heavy atom. The molecule has 7 heteroatoms. The fraction of sp³-hybridized carbons (Fsp3) is 0.400. The molecule has 1 saturated heterocycles. The Kier molecular flexibility index (Phi) is 5.26. The molecule has 2 heterocycles. The molecule has 2 aromatic rings. The molecule has 0 radical (unpaired) electrons. The molecular weight excluding hydrogens is 342 g/mol. The van der Waals surface area contributed by atoms with Crippen LogP contribution in [0.25, 0.3) is 0 Å². The van der Waals surface area contributed by atoms with Gasteiger partial charge in [-0.25, -0.2) is 0 Å². The maximum absolute atomic E-state index is 12.7. The van der Waals surface area contributed by atoms with Crippen molar-refractivity contribution in [3.63, 3.8) is 0 Å². The minimum Gasteiger partial charge on any atom is -0.311 e. The van der Waals surface area contributed by atoms with E-state index >= 15 is 0 Å². The van der Waals surface area contributed by atoms with Crippen LogP contribution in [0.1, 0.15) is 37.0 Å². The average molecular weight is 365 g/mol. The second-order valence-electron chi connectivity index (χ2n) is 6.67. The molecule has 0 saturated carbocycles. The molecule has 1 aromatic heterocycles. The van der Waals surface area contributed by atoms with E-state index in [0.29, 0.717) is 17.9 Å². The van der Waals surface area contributed by atoms with E-state index in [2.05, 4.69) is 24.3 Å². The SMILES string of the molecule is CCc1cccc(CC)c1N1CC(C(=O)Nc2c(C#N)cnn2C)CC1=O. The quantitative estimate of drug-likeness (QED) is 0.881. The van der Waals surface area contributed by atoms with Gasteiger partial charge < -0.3 is 10.2 Å². The van der Waals surface area contributed by atoms with E-state index in [0.717, 1.165) is 29.7 Å².